The molecule has 1 aliphatic carbocycles. The topological polar surface area (TPSA) is 38.3 Å². The van der Waals surface area contributed by atoms with E-state index in [4.69, 9.17) is 4.74 Å². The molecule has 1 N–H and O–H groups in total. The second-order valence-electron chi connectivity index (χ2n) is 5.32. The molecule has 1 aromatic rings. The molecule has 1 saturated carbocycles. The van der Waals surface area contributed by atoms with Crippen LogP contribution in [0, 0.1) is 5.41 Å². The second-order valence-corrected chi connectivity index (χ2v) is 7.09. The SMILES string of the molecule is COC(=O)c1cc(Br)cc(Br)c1NC(C)C1(C)CC1. The van der Waals surface area contributed by atoms with Crippen molar-refractivity contribution in [2.45, 2.75) is 32.7 Å². The third-order valence-electron chi connectivity index (χ3n) is 3.91. The van der Waals surface area contributed by atoms with E-state index in [1.165, 1.54) is 20.0 Å². The van der Waals surface area contributed by atoms with Gasteiger partial charge < -0.3 is 10.1 Å². The van der Waals surface area contributed by atoms with E-state index in [2.05, 4.69) is 51.0 Å². The Morgan fingerprint density at radius 2 is 2.05 bits per heavy atom. The van der Waals surface area contributed by atoms with Gasteiger partial charge in [-0.05, 0) is 53.2 Å². The largest absolute Gasteiger partial charge is 0.465 e. The first kappa shape index (κ1) is 14.9. The van der Waals surface area contributed by atoms with E-state index in [0.717, 1.165) is 14.6 Å². The number of nitrogens with one attached hydrogen (secondary N) is 1. The van der Waals surface area contributed by atoms with Gasteiger partial charge in [-0.2, -0.15) is 0 Å². The van der Waals surface area contributed by atoms with E-state index in [9.17, 15) is 4.79 Å². The number of hydrogen-bond donors (Lipinski definition) is 1. The van der Waals surface area contributed by atoms with E-state index in [1.54, 1.807) is 6.07 Å². The van der Waals surface area contributed by atoms with Gasteiger partial charge in [-0.1, -0.05) is 22.9 Å². The number of ether oxygens (including phenoxy) is 1. The first-order valence-corrected chi connectivity index (χ1v) is 7.80. The van der Waals surface area contributed by atoms with Crippen LogP contribution >= 0.6 is 31.9 Å². The van der Waals surface area contributed by atoms with Gasteiger partial charge in [0.25, 0.3) is 0 Å². The molecule has 1 aromatic carbocycles. The van der Waals surface area contributed by atoms with Gasteiger partial charge in [-0.25, -0.2) is 4.79 Å². The Labute approximate surface area is 130 Å². The Hall–Kier alpha value is -0.550. The fourth-order valence-electron chi connectivity index (χ4n) is 2.01. The van der Waals surface area contributed by atoms with Crippen LogP contribution in [0.15, 0.2) is 21.1 Å². The minimum atomic E-state index is -0.336. The van der Waals surface area contributed by atoms with Crippen LogP contribution in [0.2, 0.25) is 0 Å². The molecule has 5 heteroatoms. The number of rotatable bonds is 4. The molecule has 0 amide bonds. The van der Waals surface area contributed by atoms with Crippen molar-refractivity contribution in [2.75, 3.05) is 12.4 Å². The highest BCUT2D eigenvalue weighted by molar-refractivity contribution is 9.11. The summed E-state index contributed by atoms with van der Waals surface area (Å²) in [5.41, 5.74) is 1.68. The maximum absolute atomic E-state index is 11.9. The Balaban J connectivity index is 2.34. The van der Waals surface area contributed by atoms with Crippen LogP contribution < -0.4 is 5.32 Å². The van der Waals surface area contributed by atoms with Crippen molar-refractivity contribution in [1.29, 1.82) is 0 Å². The minimum absolute atomic E-state index is 0.313. The number of carbonyl (C=O) groups excluding carboxylic acids is 1. The Morgan fingerprint density at radius 1 is 1.42 bits per heavy atom. The molecule has 2 rings (SSSR count). The van der Waals surface area contributed by atoms with Crippen molar-refractivity contribution in [3.05, 3.63) is 26.6 Å². The standard InChI is InChI=1S/C14H17Br2NO2/c1-8(14(2)4-5-14)17-12-10(13(18)19-3)6-9(15)7-11(12)16/h6-8,17H,4-5H2,1-3H3. The first-order chi connectivity index (χ1) is 8.87. The molecule has 1 unspecified atom stereocenters. The van der Waals surface area contributed by atoms with Crippen molar-refractivity contribution in [3.63, 3.8) is 0 Å². The summed E-state index contributed by atoms with van der Waals surface area (Å²) < 4.78 is 6.55. The van der Waals surface area contributed by atoms with Gasteiger partial charge >= 0.3 is 5.97 Å². The average molecular weight is 391 g/mol. The molecule has 1 fully saturated rings. The molecular weight excluding hydrogens is 374 g/mol. The molecule has 104 valence electrons. The molecule has 0 saturated heterocycles. The Morgan fingerprint density at radius 3 is 2.58 bits per heavy atom. The van der Waals surface area contributed by atoms with E-state index >= 15 is 0 Å². The molecule has 1 aliphatic rings. The third-order valence-corrected chi connectivity index (χ3v) is 4.99. The zero-order valence-electron chi connectivity index (χ0n) is 11.2. The summed E-state index contributed by atoms with van der Waals surface area (Å²) in [7, 11) is 1.40. The molecular formula is C14H17Br2NO2. The normalized spacial score (nSPS) is 17.7. The van der Waals surface area contributed by atoms with Gasteiger partial charge in [0, 0.05) is 15.0 Å². The molecule has 0 radical (unpaired) electrons. The van der Waals surface area contributed by atoms with Crippen LogP contribution in [-0.4, -0.2) is 19.1 Å². The zero-order valence-corrected chi connectivity index (χ0v) is 14.4. The molecule has 0 bridgehead atoms. The highest BCUT2D eigenvalue weighted by atomic mass is 79.9. The Kier molecular flexibility index (Phi) is 4.26. The van der Waals surface area contributed by atoms with E-state index in [1.807, 2.05) is 6.07 Å². The zero-order chi connectivity index (χ0) is 14.2. The quantitative estimate of drug-likeness (QED) is 0.763. The van der Waals surface area contributed by atoms with Crippen LogP contribution in [0.5, 0.6) is 0 Å². The van der Waals surface area contributed by atoms with Crippen LogP contribution in [0.25, 0.3) is 0 Å². The smallest absolute Gasteiger partial charge is 0.340 e. The van der Waals surface area contributed by atoms with E-state index in [-0.39, 0.29) is 5.97 Å². The lowest BCUT2D eigenvalue weighted by Gasteiger charge is -2.24. The summed E-state index contributed by atoms with van der Waals surface area (Å²) in [4.78, 5) is 11.9. The van der Waals surface area contributed by atoms with Crippen LogP contribution in [0.1, 0.15) is 37.0 Å². The van der Waals surface area contributed by atoms with E-state index < -0.39 is 0 Å². The maximum atomic E-state index is 11.9. The van der Waals surface area contributed by atoms with Crippen molar-refractivity contribution in [2.24, 2.45) is 5.41 Å². The fraction of sp³-hybridized carbons (Fsp3) is 0.500. The lowest BCUT2D eigenvalue weighted by atomic mass is 10.00. The predicted molar refractivity (Wildman–Crippen MR) is 83.6 cm³/mol. The van der Waals surface area contributed by atoms with Gasteiger partial charge in [0.2, 0.25) is 0 Å². The molecule has 0 heterocycles. The minimum Gasteiger partial charge on any atom is -0.465 e. The average Bonchev–Trinajstić information content (AvgIpc) is 3.10. The van der Waals surface area contributed by atoms with Crippen molar-refractivity contribution in [1.82, 2.24) is 0 Å². The van der Waals surface area contributed by atoms with Gasteiger partial charge in [0.05, 0.1) is 18.4 Å². The van der Waals surface area contributed by atoms with Gasteiger partial charge in [0.1, 0.15) is 0 Å². The summed E-state index contributed by atoms with van der Waals surface area (Å²) in [5.74, 6) is -0.336. The van der Waals surface area contributed by atoms with Crippen molar-refractivity contribution in [3.8, 4) is 0 Å². The molecule has 19 heavy (non-hydrogen) atoms. The number of halogens is 2. The van der Waals surface area contributed by atoms with Gasteiger partial charge in [0.15, 0.2) is 0 Å². The number of anilines is 1. The molecule has 0 aliphatic heterocycles. The summed E-state index contributed by atoms with van der Waals surface area (Å²) in [6.07, 6.45) is 2.45. The van der Waals surface area contributed by atoms with Crippen molar-refractivity contribution >= 4 is 43.5 Å². The number of benzene rings is 1. The fourth-order valence-corrected chi connectivity index (χ4v) is 3.35. The summed E-state index contributed by atoms with van der Waals surface area (Å²) in [6, 6.07) is 4.02. The third kappa shape index (κ3) is 3.14. The summed E-state index contributed by atoms with van der Waals surface area (Å²) in [5, 5.41) is 3.46. The van der Waals surface area contributed by atoms with Gasteiger partial charge in [-0.15, -0.1) is 0 Å². The molecule has 3 nitrogen and oxygen atoms in total. The number of methoxy groups -OCH3 is 1. The first-order valence-electron chi connectivity index (χ1n) is 6.21. The summed E-state index contributed by atoms with van der Waals surface area (Å²) in [6.45, 7) is 4.41. The maximum Gasteiger partial charge on any atom is 0.340 e. The predicted octanol–water partition coefficient (Wildman–Crippen LogP) is 4.60. The van der Waals surface area contributed by atoms with Gasteiger partial charge in [-0.3, -0.25) is 0 Å². The number of carbonyl (C=O) groups is 1. The summed E-state index contributed by atoms with van der Waals surface area (Å²) >= 11 is 6.91. The lowest BCUT2D eigenvalue weighted by molar-refractivity contribution is 0.0601. The van der Waals surface area contributed by atoms with Crippen LogP contribution in [-0.2, 0) is 4.74 Å². The highest BCUT2D eigenvalue weighted by Gasteiger charge is 2.42. The van der Waals surface area contributed by atoms with Crippen LogP contribution in [0.3, 0.4) is 0 Å². The lowest BCUT2D eigenvalue weighted by Crippen LogP contribution is -2.26. The Bertz CT molecular complexity index is 512. The second kappa shape index (κ2) is 5.44. The molecule has 1 atom stereocenters. The van der Waals surface area contributed by atoms with Crippen molar-refractivity contribution < 1.29 is 9.53 Å². The highest BCUT2D eigenvalue weighted by Crippen LogP contribution is 2.49. The monoisotopic (exact) mass is 389 g/mol. The number of esters is 1. The van der Waals surface area contributed by atoms with Crippen LogP contribution in [0.4, 0.5) is 5.69 Å². The molecule has 0 spiro atoms. The molecule has 0 aromatic heterocycles. The van der Waals surface area contributed by atoms with E-state index in [0.29, 0.717) is 17.0 Å². The number of hydrogen-bond acceptors (Lipinski definition) is 3.